The number of rotatable bonds is 4. The average Bonchev–Trinajstić information content (AvgIpc) is 2.52. The molecule has 0 fully saturated rings. The number of aryl methyl sites for hydroxylation is 4. The van der Waals surface area contributed by atoms with Gasteiger partial charge in [0.05, 0.1) is 12.8 Å². The van der Waals surface area contributed by atoms with E-state index in [9.17, 15) is 4.79 Å². The van der Waals surface area contributed by atoms with Crippen LogP contribution in [0.3, 0.4) is 0 Å². The third-order valence-corrected chi connectivity index (χ3v) is 3.95. The summed E-state index contributed by atoms with van der Waals surface area (Å²) in [4.78, 5) is 11.5. The van der Waals surface area contributed by atoms with Gasteiger partial charge in [0.1, 0.15) is 12.4 Å². The first-order valence-electron chi connectivity index (χ1n) is 7.56. The maximum atomic E-state index is 11.5. The highest BCUT2D eigenvalue weighted by Crippen LogP contribution is 2.26. The fraction of sp³-hybridized carbons (Fsp3) is 0.316. The number of carbonyl (C=O) groups is 1. The number of amides is 1. The summed E-state index contributed by atoms with van der Waals surface area (Å²) in [5, 5.41) is 2.76. The molecule has 0 saturated carbocycles. The zero-order valence-electron chi connectivity index (χ0n) is 14.3. The van der Waals surface area contributed by atoms with Crippen molar-refractivity contribution in [1.29, 1.82) is 0 Å². The summed E-state index contributed by atoms with van der Waals surface area (Å²) in [6, 6.07) is 10.00. The summed E-state index contributed by atoms with van der Waals surface area (Å²) < 4.78 is 10.7. The van der Waals surface area contributed by atoms with Gasteiger partial charge in [0.2, 0.25) is 0 Å². The molecule has 0 aliphatic heterocycles. The number of nitrogens with one attached hydrogen (secondary N) is 1. The molecule has 4 heteroatoms. The van der Waals surface area contributed by atoms with Crippen molar-refractivity contribution >= 4 is 11.8 Å². The molecule has 0 saturated heterocycles. The summed E-state index contributed by atoms with van der Waals surface area (Å²) in [7, 11) is 1.35. The number of methoxy groups -OCH3 is 1. The lowest BCUT2D eigenvalue weighted by Gasteiger charge is -2.16. The van der Waals surface area contributed by atoms with Crippen molar-refractivity contribution in [2.24, 2.45) is 0 Å². The zero-order chi connectivity index (χ0) is 17.0. The summed E-state index contributed by atoms with van der Waals surface area (Å²) >= 11 is 0. The molecular weight excluding hydrogens is 290 g/mol. The Bertz CT molecular complexity index is 723. The third kappa shape index (κ3) is 4.03. The molecule has 0 radical (unpaired) electrons. The fourth-order valence-electron chi connectivity index (χ4n) is 2.43. The zero-order valence-corrected chi connectivity index (χ0v) is 14.3. The molecule has 0 aliphatic carbocycles. The molecule has 0 aliphatic rings. The van der Waals surface area contributed by atoms with Gasteiger partial charge in [0.25, 0.3) is 0 Å². The van der Waals surface area contributed by atoms with E-state index in [1.807, 2.05) is 38.1 Å². The number of para-hydroxylation sites is 1. The molecule has 23 heavy (non-hydrogen) atoms. The highest BCUT2D eigenvalue weighted by molar-refractivity contribution is 5.86. The molecule has 1 N–H and O–H groups in total. The van der Waals surface area contributed by atoms with Gasteiger partial charge in [0, 0.05) is 5.56 Å². The van der Waals surface area contributed by atoms with E-state index in [-0.39, 0.29) is 0 Å². The van der Waals surface area contributed by atoms with Crippen LogP contribution in [0.15, 0.2) is 30.3 Å². The van der Waals surface area contributed by atoms with Gasteiger partial charge in [-0.2, -0.15) is 0 Å². The molecule has 0 atom stereocenters. The number of ether oxygens (including phenoxy) is 2. The highest BCUT2D eigenvalue weighted by atomic mass is 16.5. The van der Waals surface area contributed by atoms with Crippen LogP contribution < -0.4 is 10.1 Å². The molecule has 0 aromatic heterocycles. The van der Waals surface area contributed by atoms with Crippen LogP contribution in [0.2, 0.25) is 0 Å². The quantitative estimate of drug-likeness (QED) is 0.891. The standard InChI is InChI=1S/C19H23NO3/c1-12-7-6-8-16(18(12)20-19(21)22-5)11-23-17-10-14(3)13(2)9-15(17)4/h6-10H,11H2,1-5H3,(H,20,21). The van der Waals surface area contributed by atoms with Crippen LogP contribution in [0.5, 0.6) is 5.75 Å². The van der Waals surface area contributed by atoms with Crippen molar-refractivity contribution in [2.45, 2.75) is 34.3 Å². The van der Waals surface area contributed by atoms with Crippen LogP contribution >= 0.6 is 0 Å². The van der Waals surface area contributed by atoms with Crippen molar-refractivity contribution in [3.63, 3.8) is 0 Å². The number of hydrogen-bond acceptors (Lipinski definition) is 3. The Labute approximate surface area is 137 Å². The second-order valence-electron chi connectivity index (χ2n) is 5.72. The molecule has 2 aromatic rings. The molecule has 0 spiro atoms. The largest absolute Gasteiger partial charge is 0.489 e. The third-order valence-electron chi connectivity index (χ3n) is 3.95. The maximum Gasteiger partial charge on any atom is 0.411 e. The van der Waals surface area contributed by atoms with Crippen LogP contribution in [0, 0.1) is 27.7 Å². The van der Waals surface area contributed by atoms with Gasteiger partial charge < -0.3 is 9.47 Å². The van der Waals surface area contributed by atoms with Crippen LogP contribution in [0.25, 0.3) is 0 Å². The molecular formula is C19H23NO3. The number of hydrogen-bond donors (Lipinski definition) is 1. The predicted molar refractivity (Wildman–Crippen MR) is 92.2 cm³/mol. The van der Waals surface area contributed by atoms with E-state index in [1.54, 1.807) is 0 Å². The Kier molecular flexibility index (Phi) is 5.27. The van der Waals surface area contributed by atoms with Gasteiger partial charge >= 0.3 is 6.09 Å². The highest BCUT2D eigenvalue weighted by Gasteiger charge is 2.11. The Morgan fingerprint density at radius 2 is 1.70 bits per heavy atom. The van der Waals surface area contributed by atoms with Crippen LogP contribution in [0.1, 0.15) is 27.8 Å². The molecule has 1 amide bonds. The molecule has 2 aromatic carbocycles. The Hall–Kier alpha value is -2.49. The van der Waals surface area contributed by atoms with Gasteiger partial charge in [-0.05, 0) is 56.0 Å². The summed E-state index contributed by atoms with van der Waals surface area (Å²) in [6.45, 7) is 8.51. The Morgan fingerprint density at radius 1 is 1.00 bits per heavy atom. The van der Waals surface area contributed by atoms with E-state index < -0.39 is 6.09 Å². The fourth-order valence-corrected chi connectivity index (χ4v) is 2.43. The van der Waals surface area contributed by atoms with E-state index in [0.29, 0.717) is 6.61 Å². The number of carbonyl (C=O) groups excluding carboxylic acids is 1. The van der Waals surface area contributed by atoms with Crippen molar-refractivity contribution in [1.82, 2.24) is 0 Å². The van der Waals surface area contributed by atoms with E-state index in [1.165, 1.54) is 18.2 Å². The van der Waals surface area contributed by atoms with E-state index in [0.717, 1.165) is 28.1 Å². The molecule has 122 valence electrons. The second-order valence-corrected chi connectivity index (χ2v) is 5.72. The van der Waals surface area contributed by atoms with E-state index in [4.69, 9.17) is 4.74 Å². The predicted octanol–water partition coefficient (Wildman–Crippen LogP) is 4.68. The minimum absolute atomic E-state index is 0.379. The van der Waals surface area contributed by atoms with Crippen molar-refractivity contribution in [3.05, 3.63) is 58.1 Å². The first-order valence-corrected chi connectivity index (χ1v) is 7.56. The minimum Gasteiger partial charge on any atom is -0.489 e. The van der Waals surface area contributed by atoms with Gasteiger partial charge in [-0.15, -0.1) is 0 Å². The SMILES string of the molecule is COC(=O)Nc1c(C)cccc1COc1cc(C)c(C)cc1C. The maximum absolute atomic E-state index is 11.5. The molecule has 4 nitrogen and oxygen atoms in total. The lowest BCUT2D eigenvalue weighted by Crippen LogP contribution is -2.14. The summed E-state index contributed by atoms with van der Waals surface area (Å²) in [5.74, 6) is 0.860. The molecule has 0 unspecified atom stereocenters. The van der Waals surface area contributed by atoms with Crippen LogP contribution in [-0.2, 0) is 11.3 Å². The Morgan fingerprint density at radius 3 is 2.39 bits per heavy atom. The number of anilines is 1. The molecule has 2 rings (SSSR count). The van der Waals surface area contributed by atoms with Crippen molar-refractivity contribution < 1.29 is 14.3 Å². The van der Waals surface area contributed by atoms with Gasteiger partial charge in [-0.3, -0.25) is 5.32 Å². The van der Waals surface area contributed by atoms with Crippen molar-refractivity contribution in [2.75, 3.05) is 12.4 Å². The van der Waals surface area contributed by atoms with Crippen molar-refractivity contribution in [3.8, 4) is 5.75 Å². The van der Waals surface area contributed by atoms with E-state index in [2.05, 4.69) is 30.0 Å². The first kappa shape index (κ1) is 16.9. The van der Waals surface area contributed by atoms with Crippen LogP contribution in [0.4, 0.5) is 10.5 Å². The van der Waals surface area contributed by atoms with Gasteiger partial charge in [-0.1, -0.05) is 24.3 Å². The van der Waals surface area contributed by atoms with Gasteiger partial charge in [-0.25, -0.2) is 4.79 Å². The first-order chi connectivity index (χ1) is 10.9. The Balaban J connectivity index is 2.22. The molecule has 0 heterocycles. The van der Waals surface area contributed by atoms with Gasteiger partial charge in [0.15, 0.2) is 0 Å². The second kappa shape index (κ2) is 7.18. The number of benzene rings is 2. The smallest absolute Gasteiger partial charge is 0.411 e. The normalized spacial score (nSPS) is 10.3. The minimum atomic E-state index is -0.483. The summed E-state index contributed by atoms with van der Waals surface area (Å²) in [5.41, 5.74) is 6.16. The lowest BCUT2D eigenvalue weighted by atomic mass is 10.1. The average molecular weight is 313 g/mol. The van der Waals surface area contributed by atoms with Crippen LogP contribution in [-0.4, -0.2) is 13.2 Å². The summed E-state index contributed by atoms with van der Waals surface area (Å²) in [6.07, 6.45) is -0.483. The lowest BCUT2D eigenvalue weighted by molar-refractivity contribution is 0.187. The van der Waals surface area contributed by atoms with E-state index >= 15 is 0 Å². The topological polar surface area (TPSA) is 47.6 Å². The monoisotopic (exact) mass is 313 g/mol. The molecule has 0 bridgehead atoms.